The van der Waals surface area contributed by atoms with Crippen LogP contribution in [0.4, 0.5) is 0 Å². The fourth-order valence-corrected chi connectivity index (χ4v) is 2.57. The van der Waals surface area contributed by atoms with Crippen molar-refractivity contribution in [3.05, 3.63) is 30.3 Å². The van der Waals surface area contributed by atoms with Crippen molar-refractivity contribution in [1.29, 1.82) is 0 Å². The number of sulfone groups is 1. The van der Waals surface area contributed by atoms with Gasteiger partial charge in [0.25, 0.3) is 0 Å². The summed E-state index contributed by atoms with van der Waals surface area (Å²) >= 11 is 0. The van der Waals surface area contributed by atoms with Gasteiger partial charge in [-0.1, -0.05) is 25.1 Å². The summed E-state index contributed by atoms with van der Waals surface area (Å²) in [6.07, 6.45) is 0.971. The summed E-state index contributed by atoms with van der Waals surface area (Å²) in [5.74, 6) is 0.139. The average molecular weight is 255 g/mol. The van der Waals surface area contributed by atoms with Crippen LogP contribution in [0.25, 0.3) is 0 Å². The SMILES string of the molecule is CCC(C)(C)NCCS(=O)(=O)c1ccccc1. The molecule has 0 aliphatic heterocycles. The van der Waals surface area contributed by atoms with Crippen LogP contribution in [-0.2, 0) is 9.84 Å². The zero-order chi connectivity index (χ0) is 12.9. The highest BCUT2D eigenvalue weighted by molar-refractivity contribution is 7.91. The first kappa shape index (κ1) is 14.2. The van der Waals surface area contributed by atoms with Crippen LogP contribution in [-0.4, -0.2) is 26.3 Å². The molecule has 0 aliphatic rings. The Morgan fingerprint density at radius 3 is 2.29 bits per heavy atom. The summed E-state index contributed by atoms with van der Waals surface area (Å²) in [4.78, 5) is 0.399. The van der Waals surface area contributed by atoms with Crippen molar-refractivity contribution < 1.29 is 8.42 Å². The van der Waals surface area contributed by atoms with E-state index in [1.807, 2.05) is 6.07 Å². The maximum atomic E-state index is 12.0. The van der Waals surface area contributed by atoms with Gasteiger partial charge >= 0.3 is 0 Å². The largest absolute Gasteiger partial charge is 0.311 e. The van der Waals surface area contributed by atoms with Crippen molar-refractivity contribution in [3.8, 4) is 0 Å². The Morgan fingerprint density at radius 1 is 1.18 bits per heavy atom. The number of rotatable bonds is 6. The van der Waals surface area contributed by atoms with E-state index < -0.39 is 9.84 Å². The van der Waals surface area contributed by atoms with E-state index in [4.69, 9.17) is 0 Å². The summed E-state index contributed by atoms with van der Waals surface area (Å²) in [6.45, 7) is 6.71. The Bertz CT molecular complexity index is 438. The summed E-state index contributed by atoms with van der Waals surface area (Å²) < 4.78 is 23.9. The van der Waals surface area contributed by atoms with Gasteiger partial charge < -0.3 is 5.32 Å². The molecule has 0 radical (unpaired) electrons. The van der Waals surface area contributed by atoms with Gasteiger partial charge in [0.2, 0.25) is 0 Å². The van der Waals surface area contributed by atoms with Gasteiger partial charge in [-0.05, 0) is 32.4 Å². The Labute approximate surface area is 104 Å². The van der Waals surface area contributed by atoms with Gasteiger partial charge in [0.15, 0.2) is 9.84 Å². The predicted molar refractivity (Wildman–Crippen MR) is 70.9 cm³/mol. The Kier molecular flexibility index (Phi) is 4.71. The molecule has 0 aromatic heterocycles. The second-order valence-corrected chi connectivity index (χ2v) is 6.91. The van der Waals surface area contributed by atoms with Crippen LogP contribution in [0.1, 0.15) is 27.2 Å². The van der Waals surface area contributed by atoms with Crippen LogP contribution in [0, 0.1) is 0 Å². The minimum Gasteiger partial charge on any atom is -0.311 e. The van der Waals surface area contributed by atoms with Gasteiger partial charge in [0.05, 0.1) is 10.6 Å². The molecule has 0 saturated heterocycles. The van der Waals surface area contributed by atoms with Gasteiger partial charge in [0, 0.05) is 12.1 Å². The van der Waals surface area contributed by atoms with Crippen molar-refractivity contribution in [3.63, 3.8) is 0 Å². The highest BCUT2D eigenvalue weighted by Crippen LogP contribution is 2.11. The van der Waals surface area contributed by atoms with Crippen molar-refractivity contribution in [2.75, 3.05) is 12.3 Å². The second kappa shape index (κ2) is 5.65. The smallest absolute Gasteiger partial charge is 0.179 e. The molecule has 0 aliphatic carbocycles. The average Bonchev–Trinajstić information content (AvgIpc) is 2.30. The molecule has 0 bridgehead atoms. The molecule has 0 unspecified atom stereocenters. The zero-order valence-corrected chi connectivity index (χ0v) is 11.5. The lowest BCUT2D eigenvalue weighted by molar-refractivity contribution is 0.387. The lowest BCUT2D eigenvalue weighted by Crippen LogP contribution is -2.41. The van der Waals surface area contributed by atoms with Crippen LogP contribution in [0.2, 0.25) is 0 Å². The van der Waals surface area contributed by atoms with Gasteiger partial charge in [-0.3, -0.25) is 0 Å². The molecule has 0 atom stereocenters. The van der Waals surface area contributed by atoms with E-state index in [0.717, 1.165) is 6.42 Å². The molecule has 4 heteroatoms. The number of hydrogen-bond donors (Lipinski definition) is 1. The Balaban J connectivity index is 2.58. The maximum absolute atomic E-state index is 12.0. The zero-order valence-electron chi connectivity index (χ0n) is 10.7. The van der Waals surface area contributed by atoms with Crippen molar-refractivity contribution in [1.82, 2.24) is 5.32 Å². The molecule has 96 valence electrons. The molecule has 17 heavy (non-hydrogen) atoms. The monoisotopic (exact) mass is 255 g/mol. The second-order valence-electron chi connectivity index (χ2n) is 4.80. The molecule has 0 fully saturated rings. The minimum atomic E-state index is -3.15. The summed E-state index contributed by atoms with van der Waals surface area (Å²) in [5.41, 5.74) is -0.00773. The number of benzene rings is 1. The van der Waals surface area contributed by atoms with E-state index >= 15 is 0 Å². The van der Waals surface area contributed by atoms with Crippen LogP contribution in [0.15, 0.2) is 35.2 Å². The van der Waals surface area contributed by atoms with Crippen LogP contribution in [0.5, 0.6) is 0 Å². The van der Waals surface area contributed by atoms with Gasteiger partial charge in [-0.2, -0.15) is 0 Å². The van der Waals surface area contributed by atoms with Crippen molar-refractivity contribution >= 4 is 9.84 Å². The van der Waals surface area contributed by atoms with Gasteiger partial charge in [-0.25, -0.2) is 8.42 Å². The van der Waals surface area contributed by atoms with E-state index in [9.17, 15) is 8.42 Å². The molecule has 0 heterocycles. The predicted octanol–water partition coefficient (Wildman–Crippen LogP) is 2.24. The molecule has 1 aromatic carbocycles. The highest BCUT2D eigenvalue weighted by Gasteiger charge is 2.17. The Morgan fingerprint density at radius 2 is 1.76 bits per heavy atom. The maximum Gasteiger partial charge on any atom is 0.179 e. The third-order valence-corrected chi connectivity index (χ3v) is 4.69. The molecular formula is C13H21NO2S. The highest BCUT2D eigenvalue weighted by atomic mass is 32.2. The summed E-state index contributed by atoms with van der Waals surface area (Å²) in [5, 5.41) is 3.26. The van der Waals surface area contributed by atoms with Crippen LogP contribution < -0.4 is 5.32 Å². The normalized spacial score (nSPS) is 12.6. The fraction of sp³-hybridized carbons (Fsp3) is 0.538. The molecule has 0 saturated carbocycles. The summed E-state index contributed by atoms with van der Waals surface area (Å²) in [7, 11) is -3.15. The summed E-state index contributed by atoms with van der Waals surface area (Å²) in [6, 6.07) is 8.59. The van der Waals surface area contributed by atoms with E-state index in [0.29, 0.717) is 11.4 Å². The molecule has 1 rings (SSSR count). The molecular weight excluding hydrogens is 234 g/mol. The number of hydrogen-bond acceptors (Lipinski definition) is 3. The lowest BCUT2D eigenvalue weighted by atomic mass is 10.0. The van der Waals surface area contributed by atoms with E-state index in [1.54, 1.807) is 24.3 Å². The topological polar surface area (TPSA) is 46.2 Å². The van der Waals surface area contributed by atoms with E-state index in [1.165, 1.54) is 0 Å². The molecule has 1 aromatic rings. The molecule has 0 spiro atoms. The van der Waals surface area contributed by atoms with Gasteiger partial charge in [0.1, 0.15) is 0 Å². The lowest BCUT2D eigenvalue weighted by Gasteiger charge is -2.24. The van der Waals surface area contributed by atoms with Crippen LogP contribution in [0.3, 0.4) is 0 Å². The first-order valence-electron chi connectivity index (χ1n) is 5.90. The quantitative estimate of drug-likeness (QED) is 0.848. The molecule has 3 nitrogen and oxygen atoms in total. The number of nitrogens with one attached hydrogen (secondary N) is 1. The van der Waals surface area contributed by atoms with Crippen LogP contribution >= 0.6 is 0 Å². The first-order chi connectivity index (χ1) is 7.87. The third-order valence-electron chi connectivity index (χ3n) is 2.96. The van der Waals surface area contributed by atoms with Crippen molar-refractivity contribution in [2.24, 2.45) is 0 Å². The first-order valence-corrected chi connectivity index (χ1v) is 7.55. The fourth-order valence-electron chi connectivity index (χ4n) is 1.39. The van der Waals surface area contributed by atoms with Crippen molar-refractivity contribution in [2.45, 2.75) is 37.6 Å². The standard InChI is InChI=1S/C13H21NO2S/c1-4-13(2,3)14-10-11-17(15,16)12-8-6-5-7-9-12/h5-9,14H,4,10-11H2,1-3H3. The molecule has 1 N–H and O–H groups in total. The van der Waals surface area contributed by atoms with Gasteiger partial charge in [-0.15, -0.1) is 0 Å². The molecule has 0 amide bonds. The van der Waals surface area contributed by atoms with E-state index in [2.05, 4.69) is 26.1 Å². The third kappa shape index (κ3) is 4.48. The van der Waals surface area contributed by atoms with E-state index in [-0.39, 0.29) is 11.3 Å². The minimum absolute atomic E-state index is 0.00773. The Hall–Kier alpha value is -0.870.